The molecule has 0 radical (unpaired) electrons. The Hall–Kier alpha value is -2.87. The Morgan fingerprint density at radius 1 is 1.04 bits per heavy atom. The second-order valence-electron chi connectivity index (χ2n) is 4.51. The van der Waals surface area contributed by atoms with Crippen LogP contribution in [-0.4, -0.2) is 32.6 Å². The molecular formula is C15H13NO6S. The van der Waals surface area contributed by atoms with Gasteiger partial charge in [0.1, 0.15) is 0 Å². The normalized spacial score (nSPS) is 10.8. The van der Waals surface area contributed by atoms with Crippen molar-refractivity contribution in [2.75, 3.05) is 11.8 Å². The lowest BCUT2D eigenvalue weighted by atomic mass is 10.2. The molecule has 0 heterocycles. The average molecular weight is 335 g/mol. The molecule has 0 aliphatic carbocycles. The molecular weight excluding hydrogens is 322 g/mol. The first-order valence-electron chi connectivity index (χ1n) is 6.38. The minimum Gasteiger partial charge on any atom is -0.478 e. The van der Waals surface area contributed by atoms with Gasteiger partial charge in [0, 0.05) is 5.69 Å². The van der Waals surface area contributed by atoms with E-state index >= 15 is 0 Å². The Morgan fingerprint density at radius 3 is 2.26 bits per heavy atom. The number of esters is 1. The number of benzene rings is 2. The van der Waals surface area contributed by atoms with Crippen molar-refractivity contribution in [3.8, 4) is 0 Å². The minimum atomic E-state index is -3.90. The van der Waals surface area contributed by atoms with E-state index in [0.29, 0.717) is 0 Å². The van der Waals surface area contributed by atoms with Crippen LogP contribution in [-0.2, 0) is 14.8 Å². The van der Waals surface area contributed by atoms with Crippen LogP contribution in [0.5, 0.6) is 0 Å². The Balaban J connectivity index is 2.27. The van der Waals surface area contributed by atoms with Crippen LogP contribution in [0.15, 0.2) is 53.4 Å². The average Bonchev–Trinajstić information content (AvgIpc) is 2.54. The topological polar surface area (TPSA) is 110 Å². The second-order valence-corrected chi connectivity index (χ2v) is 6.19. The van der Waals surface area contributed by atoms with E-state index in [9.17, 15) is 18.0 Å². The van der Waals surface area contributed by atoms with E-state index in [1.807, 2.05) is 0 Å². The van der Waals surface area contributed by atoms with Gasteiger partial charge < -0.3 is 9.84 Å². The summed E-state index contributed by atoms with van der Waals surface area (Å²) in [5.41, 5.74) is 0.313. The maximum Gasteiger partial charge on any atom is 0.337 e. The summed E-state index contributed by atoms with van der Waals surface area (Å²) in [7, 11) is -2.67. The monoisotopic (exact) mass is 335 g/mol. The highest BCUT2D eigenvalue weighted by Crippen LogP contribution is 2.18. The van der Waals surface area contributed by atoms with Crippen LogP contribution in [0, 0.1) is 0 Å². The number of carbonyl (C=O) groups is 2. The lowest BCUT2D eigenvalue weighted by molar-refractivity contribution is 0.0599. The van der Waals surface area contributed by atoms with Gasteiger partial charge in [-0.25, -0.2) is 18.0 Å². The van der Waals surface area contributed by atoms with Crippen LogP contribution in [0.3, 0.4) is 0 Å². The number of anilines is 1. The largest absolute Gasteiger partial charge is 0.478 e. The summed E-state index contributed by atoms with van der Waals surface area (Å²) in [6.07, 6.45) is 0. The highest BCUT2D eigenvalue weighted by atomic mass is 32.2. The van der Waals surface area contributed by atoms with Crippen molar-refractivity contribution in [2.45, 2.75) is 4.90 Å². The van der Waals surface area contributed by atoms with Crippen LogP contribution in [0.2, 0.25) is 0 Å². The maximum absolute atomic E-state index is 12.3. The van der Waals surface area contributed by atoms with Gasteiger partial charge in [-0.05, 0) is 42.5 Å². The fourth-order valence-corrected chi connectivity index (χ4v) is 2.87. The summed E-state index contributed by atoms with van der Waals surface area (Å²) in [5.74, 6) is -1.73. The smallest absolute Gasteiger partial charge is 0.337 e. The highest BCUT2D eigenvalue weighted by Gasteiger charge is 2.16. The summed E-state index contributed by atoms with van der Waals surface area (Å²) in [4.78, 5) is 22.2. The van der Waals surface area contributed by atoms with Crippen LogP contribution in [0.4, 0.5) is 5.69 Å². The molecule has 0 aromatic heterocycles. The molecule has 0 saturated heterocycles. The van der Waals surface area contributed by atoms with Gasteiger partial charge in [0.2, 0.25) is 0 Å². The fourth-order valence-electron chi connectivity index (χ4n) is 1.82. The molecule has 23 heavy (non-hydrogen) atoms. The van der Waals surface area contributed by atoms with Crippen LogP contribution in [0.1, 0.15) is 20.7 Å². The van der Waals surface area contributed by atoms with E-state index in [-0.39, 0.29) is 21.7 Å². The third-order valence-corrected chi connectivity index (χ3v) is 4.34. The van der Waals surface area contributed by atoms with E-state index in [4.69, 9.17) is 5.11 Å². The summed E-state index contributed by atoms with van der Waals surface area (Å²) in [5, 5.41) is 8.91. The number of sulfonamides is 1. The quantitative estimate of drug-likeness (QED) is 0.809. The minimum absolute atomic E-state index is 0.0359. The number of carboxylic acids is 1. The van der Waals surface area contributed by atoms with Crippen molar-refractivity contribution < 1.29 is 27.9 Å². The lowest BCUT2D eigenvalue weighted by Gasteiger charge is -2.09. The van der Waals surface area contributed by atoms with Crippen molar-refractivity contribution in [1.29, 1.82) is 0 Å². The maximum atomic E-state index is 12.3. The molecule has 0 atom stereocenters. The number of hydrogen-bond acceptors (Lipinski definition) is 5. The first-order valence-corrected chi connectivity index (χ1v) is 7.86. The second kappa shape index (κ2) is 6.49. The first-order chi connectivity index (χ1) is 10.8. The number of rotatable bonds is 5. The van der Waals surface area contributed by atoms with Crippen LogP contribution >= 0.6 is 0 Å². The number of carbonyl (C=O) groups excluding carboxylic acids is 1. The Bertz CT molecular complexity index is 843. The molecule has 0 saturated carbocycles. The van der Waals surface area contributed by atoms with Crippen LogP contribution in [0.25, 0.3) is 0 Å². The van der Waals surface area contributed by atoms with Gasteiger partial charge in [-0.3, -0.25) is 4.72 Å². The van der Waals surface area contributed by atoms with Crippen molar-refractivity contribution in [3.63, 3.8) is 0 Å². The van der Waals surface area contributed by atoms with Gasteiger partial charge in [-0.15, -0.1) is 0 Å². The van der Waals surface area contributed by atoms with E-state index < -0.39 is 22.0 Å². The van der Waals surface area contributed by atoms with Gasteiger partial charge in [-0.1, -0.05) is 6.07 Å². The molecule has 120 valence electrons. The molecule has 2 aromatic carbocycles. The molecule has 0 aliphatic rings. The summed E-state index contributed by atoms with van der Waals surface area (Å²) < 4.78 is 31.3. The zero-order chi connectivity index (χ0) is 17.0. The van der Waals surface area contributed by atoms with Crippen molar-refractivity contribution in [3.05, 3.63) is 59.7 Å². The molecule has 0 aliphatic heterocycles. The third-order valence-electron chi connectivity index (χ3n) is 2.95. The number of methoxy groups -OCH3 is 1. The van der Waals surface area contributed by atoms with Gasteiger partial charge in [0.25, 0.3) is 10.0 Å². The van der Waals surface area contributed by atoms with Gasteiger partial charge >= 0.3 is 11.9 Å². The van der Waals surface area contributed by atoms with Gasteiger partial charge in [0.05, 0.1) is 23.1 Å². The van der Waals surface area contributed by atoms with Crippen molar-refractivity contribution in [1.82, 2.24) is 0 Å². The lowest BCUT2D eigenvalue weighted by Crippen LogP contribution is -2.13. The van der Waals surface area contributed by atoms with Crippen molar-refractivity contribution in [2.24, 2.45) is 0 Å². The molecule has 0 bridgehead atoms. The number of nitrogens with one attached hydrogen (secondary N) is 1. The summed E-state index contributed by atoms with van der Waals surface area (Å²) in [6.45, 7) is 0. The molecule has 2 N–H and O–H groups in total. The Labute approximate surface area is 132 Å². The number of hydrogen-bond donors (Lipinski definition) is 2. The van der Waals surface area contributed by atoms with Gasteiger partial charge in [0.15, 0.2) is 0 Å². The zero-order valence-electron chi connectivity index (χ0n) is 12.0. The molecule has 8 heteroatoms. The van der Waals surface area contributed by atoms with E-state index in [1.165, 1.54) is 55.6 Å². The zero-order valence-corrected chi connectivity index (χ0v) is 12.8. The fraction of sp³-hybridized carbons (Fsp3) is 0.0667. The summed E-state index contributed by atoms with van der Waals surface area (Å²) >= 11 is 0. The van der Waals surface area contributed by atoms with E-state index in [1.54, 1.807) is 0 Å². The molecule has 0 unspecified atom stereocenters. The molecule has 2 aromatic rings. The molecule has 2 rings (SSSR count). The predicted octanol–water partition coefficient (Wildman–Crippen LogP) is 1.97. The van der Waals surface area contributed by atoms with Gasteiger partial charge in [-0.2, -0.15) is 0 Å². The molecule has 0 amide bonds. The highest BCUT2D eigenvalue weighted by molar-refractivity contribution is 7.92. The molecule has 0 spiro atoms. The van der Waals surface area contributed by atoms with E-state index in [2.05, 4.69) is 9.46 Å². The standard InChI is InChI=1S/C15H13NO6S/c1-22-15(19)10-5-7-13(8-6-10)23(20,21)16-12-4-2-3-11(9-12)14(17)18/h2-9,16H,1H3,(H,17,18). The van der Waals surface area contributed by atoms with Crippen LogP contribution < -0.4 is 4.72 Å². The number of ether oxygens (including phenoxy) is 1. The Morgan fingerprint density at radius 2 is 1.70 bits per heavy atom. The molecule has 7 nitrogen and oxygen atoms in total. The van der Waals surface area contributed by atoms with Crippen molar-refractivity contribution >= 4 is 27.6 Å². The number of aromatic carboxylic acids is 1. The third kappa shape index (κ3) is 3.86. The van der Waals surface area contributed by atoms with E-state index in [0.717, 1.165) is 0 Å². The summed E-state index contributed by atoms with van der Waals surface area (Å²) in [6, 6.07) is 10.6. The number of carboxylic acid groups (broad SMARTS) is 1. The predicted molar refractivity (Wildman–Crippen MR) is 82.0 cm³/mol. The Kier molecular flexibility index (Phi) is 4.65. The molecule has 0 fully saturated rings. The first kappa shape index (κ1) is 16.5. The SMILES string of the molecule is COC(=O)c1ccc(S(=O)(=O)Nc2cccc(C(=O)O)c2)cc1.